The summed E-state index contributed by atoms with van der Waals surface area (Å²) < 4.78 is 0. The molecule has 0 bridgehead atoms. The Kier molecular flexibility index (Phi) is 4.19. The molecule has 0 spiro atoms. The monoisotopic (exact) mass is 221 g/mol. The Hall–Kier alpha value is -1.68. The third-order valence-electron chi connectivity index (χ3n) is 2.39. The average Bonchev–Trinajstić information content (AvgIpc) is 2.43. The first-order chi connectivity index (χ1) is 7.50. The van der Waals surface area contributed by atoms with Gasteiger partial charge in [-0.25, -0.2) is 0 Å². The lowest BCUT2D eigenvalue weighted by Gasteiger charge is -2.05. The van der Waals surface area contributed by atoms with Crippen molar-refractivity contribution >= 4 is 11.8 Å². The van der Waals surface area contributed by atoms with Crippen LogP contribution in [0.5, 0.6) is 0 Å². The number of carbonyl (C=O) groups excluding carboxylic acids is 1. The lowest BCUT2D eigenvalue weighted by atomic mass is 10.1. The van der Waals surface area contributed by atoms with Gasteiger partial charge in [-0.3, -0.25) is 9.59 Å². The number of carboxylic acids is 1. The SMILES string of the molecule is CC(=O)C1=CC=C(CC(N)C(=O)O)C=CC1. The fourth-order valence-corrected chi connectivity index (χ4v) is 1.41. The number of Topliss-reactive ketones (excluding diaryl/α,β-unsaturated/α-hetero) is 1. The molecule has 0 amide bonds. The Morgan fingerprint density at radius 2 is 2.19 bits per heavy atom. The van der Waals surface area contributed by atoms with E-state index >= 15 is 0 Å². The molecule has 0 radical (unpaired) electrons. The summed E-state index contributed by atoms with van der Waals surface area (Å²) in [5.74, 6) is -0.987. The van der Waals surface area contributed by atoms with Gasteiger partial charge in [0, 0.05) is 0 Å². The van der Waals surface area contributed by atoms with Crippen molar-refractivity contribution in [2.75, 3.05) is 0 Å². The Bertz CT molecular complexity index is 391. The minimum absolute atomic E-state index is 0.0321. The average molecular weight is 221 g/mol. The zero-order valence-corrected chi connectivity index (χ0v) is 9.14. The molecule has 3 N–H and O–H groups in total. The smallest absolute Gasteiger partial charge is 0.320 e. The second-order valence-electron chi connectivity index (χ2n) is 3.75. The van der Waals surface area contributed by atoms with Gasteiger partial charge in [-0.1, -0.05) is 24.3 Å². The normalized spacial score (nSPS) is 17.1. The van der Waals surface area contributed by atoms with Crippen LogP contribution in [-0.4, -0.2) is 22.9 Å². The maximum atomic E-state index is 11.1. The van der Waals surface area contributed by atoms with Crippen molar-refractivity contribution in [1.82, 2.24) is 0 Å². The van der Waals surface area contributed by atoms with Gasteiger partial charge < -0.3 is 10.8 Å². The van der Waals surface area contributed by atoms with Crippen molar-refractivity contribution in [2.24, 2.45) is 5.73 Å². The van der Waals surface area contributed by atoms with E-state index in [1.54, 1.807) is 12.2 Å². The maximum Gasteiger partial charge on any atom is 0.320 e. The van der Waals surface area contributed by atoms with Crippen LogP contribution in [0.3, 0.4) is 0 Å². The van der Waals surface area contributed by atoms with Crippen LogP contribution >= 0.6 is 0 Å². The number of hydrogen-bond acceptors (Lipinski definition) is 3. The van der Waals surface area contributed by atoms with E-state index in [1.165, 1.54) is 6.92 Å². The van der Waals surface area contributed by atoms with Crippen molar-refractivity contribution in [1.29, 1.82) is 0 Å². The Labute approximate surface area is 94.1 Å². The summed E-state index contributed by atoms with van der Waals surface area (Å²) in [7, 11) is 0. The summed E-state index contributed by atoms with van der Waals surface area (Å²) >= 11 is 0. The molecule has 0 aromatic carbocycles. The van der Waals surface area contributed by atoms with Gasteiger partial charge in [-0.2, -0.15) is 0 Å². The van der Waals surface area contributed by atoms with Gasteiger partial charge in [-0.15, -0.1) is 0 Å². The van der Waals surface area contributed by atoms with E-state index in [-0.39, 0.29) is 12.2 Å². The van der Waals surface area contributed by atoms with Crippen LogP contribution in [0.25, 0.3) is 0 Å². The van der Waals surface area contributed by atoms with Crippen LogP contribution in [0.15, 0.2) is 35.5 Å². The Morgan fingerprint density at radius 1 is 1.50 bits per heavy atom. The molecular formula is C12H15NO3. The van der Waals surface area contributed by atoms with Gasteiger partial charge in [-0.05, 0) is 30.9 Å². The van der Waals surface area contributed by atoms with Gasteiger partial charge >= 0.3 is 5.97 Å². The van der Waals surface area contributed by atoms with E-state index in [4.69, 9.17) is 10.8 Å². The van der Waals surface area contributed by atoms with Crippen LogP contribution in [0.4, 0.5) is 0 Å². The fourth-order valence-electron chi connectivity index (χ4n) is 1.41. The largest absolute Gasteiger partial charge is 0.480 e. The number of rotatable bonds is 4. The van der Waals surface area contributed by atoms with Crippen molar-refractivity contribution in [3.8, 4) is 0 Å². The maximum absolute atomic E-state index is 11.1. The zero-order valence-electron chi connectivity index (χ0n) is 9.14. The first kappa shape index (κ1) is 12.4. The molecule has 0 aromatic heterocycles. The van der Waals surface area contributed by atoms with E-state index < -0.39 is 12.0 Å². The third kappa shape index (κ3) is 3.47. The van der Waals surface area contributed by atoms with Crippen molar-refractivity contribution in [3.63, 3.8) is 0 Å². The summed E-state index contributed by atoms with van der Waals surface area (Å²) in [5, 5.41) is 8.68. The number of aliphatic carboxylic acids is 1. The molecule has 4 heteroatoms. The van der Waals surface area contributed by atoms with Crippen molar-refractivity contribution < 1.29 is 14.7 Å². The minimum Gasteiger partial charge on any atom is -0.480 e. The summed E-state index contributed by atoms with van der Waals surface area (Å²) in [5.41, 5.74) is 6.97. The van der Waals surface area contributed by atoms with Gasteiger partial charge in [0.15, 0.2) is 5.78 Å². The van der Waals surface area contributed by atoms with Crippen LogP contribution in [0.2, 0.25) is 0 Å². The molecule has 1 unspecified atom stereocenters. The molecule has 0 aromatic rings. The molecule has 0 aliphatic heterocycles. The molecule has 1 aliphatic rings. The minimum atomic E-state index is -1.02. The molecule has 1 atom stereocenters. The van der Waals surface area contributed by atoms with Crippen LogP contribution in [0, 0.1) is 0 Å². The summed E-state index contributed by atoms with van der Waals surface area (Å²) in [6, 6.07) is -0.900. The Balaban J connectivity index is 2.76. The molecule has 0 saturated carbocycles. The number of carbonyl (C=O) groups is 2. The quantitative estimate of drug-likeness (QED) is 0.747. The molecule has 4 nitrogen and oxygen atoms in total. The number of nitrogens with two attached hydrogens (primary N) is 1. The lowest BCUT2D eigenvalue weighted by molar-refractivity contribution is -0.138. The fraction of sp³-hybridized carbons (Fsp3) is 0.333. The van der Waals surface area contributed by atoms with E-state index in [0.717, 1.165) is 11.1 Å². The highest BCUT2D eigenvalue weighted by molar-refractivity contribution is 5.94. The van der Waals surface area contributed by atoms with E-state index in [0.29, 0.717) is 6.42 Å². The Morgan fingerprint density at radius 3 is 2.75 bits per heavy atom. The molecule has 1 rings (SSSR count). The van der Waals surface area contributed by atoms with Crippen LogP contribution in [0.1, 0.15) is 19.8 Å². The highest BCUT2D eigenvalue weighted by Gasteiger charge is 2.13. The summed E-state index contributed by atoms with van der Waals surface area (Å²) in [6.45, 7) is 1.52. The van der Waals surface area contributed by atoms with E-state index in [9.17, 15) is 9.59 Å². The number of ketones is 1. The first-order valence-electron chi connectivity index (χ1n) is 5.06. The van der Waals surface area contributed by atoms with E-state index in [2.05, 4.69) is 0 Å². The molecule has 0 fully saturated rings. The molecule has 0 heterocycles. The highest BCUT2D eigenvalue weighted by atomic mass is 16.4. The third-order valence-corrected chi connectivity index (χ3v) is 2.39. The van der Waals surface area contributed by atoms with Gasteiger partial charge in [0.2, 0.25) is 0 Å². The van der Waals surface area contributed by atoms with Crippen molar-refractivity contribution in [2.45, 2.75) is 25.8 Å². The number of allylic oxidation sites excluding steroid dienone is 5. The lowest BCUT2D eigenvalue weighted by Crippen LogP contribution is -2.30. The second-order valence-corrected chi connectivity index (χ2v) is 3.75. The van der Waals surface area contributed by atoms with Crippen LogP contribution in [-0.2, 0) is 9.59 Å². The molecule has 16 heavy (non-hydrogen) atoms. The van der Waals surface area contributed by atoms with Gasteiger partial charge in [0.05, 0.1) is 0 Å². The van der Waals surface area contributed by atoms with Crippen LogP contribution < -0.4 is 5.73 Å². The topological polar surface area (TPSA) is 80.4 Å². The van der Waals surface area contributed by atoms with Gasteiger partial charge in [0.1, 0.15) is 6.04 Å². The molecular weight excluding hydrogens is 206 g/mol. The summed E-state index contributed by atoms with van der Waals surface area (Å²) in [4.78, 5) is 21.7. The van der Waals surface area contributed by atoms with E-state index in [1.807, 2.05) is 12.2 Å². The molecule has 1 aliphatic carbocycles. The number of carboxylic acid groups (broad SMARTS) is 1. The standard InChI is InChI=1S/C12H15NO3/c1-8(14)10-4-2-3-9(5-6-10)7-11(13)12(15)16/h2-3,5-6,11H,4,7,13H2,1H3,(H,15,16). The van der Waals surface area contributed by atoms with Gasteiger partial charge in [0.25, 0.3) is 0 Å². The predicted molar refractivity (Wildman–Crippen MR) is 60.8 cm³/mol. The molecule has 0 saturated heterocycles. The highest BCUT2D eigenvalue weighted by Crippen LogP contribution is 2.15. The molecule has 86 valence electrons. The second kappa shape index (κ2) is 5.42. The zero-order chi connectivity index (χ0) is 12.1. The first-order valence-corrected chi connectivity index (χ1v) is 5.06. The number of hydrogen-bond donors (Lipinski definition) is 2. The summed E-state index contributed by atoms with van der Waals surface area (Å²) in [6.07, 6.45) is 8.00. The predicted octanol–water partition coefficient (Wildman–Crippen LogP) is 1.19. The van der Waals surface area contributed by atoms with Crippen molar-refractivity contribution in [3.05, 3.63) is 35.5 Å².